The lowest BCUT2D eigenvalue weighted by atomic mass is 10.00. The normalized spacial score (nSPS) is 14.2. The molecular formula is C19H19N3OS2. The van der Waals surface area contributed by atoms with Crippen LogP contribution in [-0.4, -0.2) is 35.4 Å². The van der Waals surface area contributed by atoms with Crippen LogP contribution in [0.25, 0.3) is 10.6 Å². The summed E-state index contributed by atoms with van der Waals surface area (Å²) in [5.74, 6) is -0.0878. The quantitative estimate of drug-likeness (QED) is 0.746. The molecule has 0 bridgehead atoms. The van der Waals surface area contributed by atoms with Gasteiger partial charge in [-0.05, 0) is 29.0 Å². The first-order valence-corrected chi connectivity index (χ1v) is 10.2. The lowest BCUT2D eigenvalue weighted by Crippen LogP contribution is -2.37. The number of aromatic nitrogens is 1. The average Bonchev–Trinajstić information content (AvgIpc) is 3.33. The monoisotopic (exact) mass is 369 g/mol. The van der Waals surface area contributed by atoms with Crippen molar-refractivity contribution in [2.45, 2.75) is 13.0 Å². The van der Waals surface area contributed by atoms with Crippen molar-refractivity contribution in [3.8, 4) is 10.6 Å². The van der Waals surface area contributed by atoms with Crippen molar-refractivity contribution in [1.82, 2.24) is 15.2 Å². The molecule has 6 heteroatoms. The van der Waals surface area contributed by atoms with Crippen molar-refractivity contribution in [2.75, 3.05) is 19.6 Å². The van der Waals surface area contributed by atoms with Crippen LogP contribution in [0.3, 0.4) is 0 Å². The van der Waals surface area contributed by atoms with Gasteiger partial charge in [0.25, 0.3) is 5.91 Å². The Labute approximate surface area is 155 Å². The zero-order chi connectivity index (χ0) is 17.1. The molecule has 0 fully saturated rings. The minimum Gasteiger partial charge on any atom is -0.349 e. The molecule has 0 saturated carbocycles. The van der Waals surface area contributed by atoms with Gasteiger partial charge in [0, 0.05) is 42.5 Å². The van der Waals surface area contributed by atoms with Crippen LogP contribution in [0.5, 0.6) is 0 Å². The molecule has 3 heterocycles. The molecule has 128 valence electrons. The first kappa shape index (κ1) is 16.4. The molecule has 2 aromatic heterocycles. The summed E-state index contributed by atoms with van der Waals surface area (Å²) in [5.41, 5.74) is 4.45. The SMILES string of the molecule is O=C(NCCN1CCc2ccccc2C1)c1csc(-c2ccsc2)n1. The molecule has 1 aliphatic rings. The number of fused-ring (bicyclic) bond motifs is 1. The molecule has 4 nitrogen and oxygen atoms in total. The van der Waals surface area contributed by atoms with E-state index >= 15 is 0 Å². The third kappa shape index (κ3) is 3.81. The van der Waals surface area contributed by atoms with E-state index in [1.165, 1.54) is 22.5 Å². The van der Waals surface area contributed by atoms with E-state index in [-0.39, 0.29) is 5.91 Å². The van der Waals surface area contributed by atoms with Crippen LogP contribution in [0.2, 0.25) is 0 Å². The molecule has 0 radical (unpaired) electrons. The van der Waals surface area contributed by atoms with Gasteiger partial charge in [0.1, 0.15) is 10.7 Å². The van der Waals surface area contributed by atoms with Crippen LogP contribution in [-0.2, 0) is 13.0 Å². The number of thiazole rings is 1. The van der Waals surface area contributed by atoms with Crippen LogP contribution in [0.15, 0.2) is 46.5 Å². The Morgan fingerprint density at radius 2 is 2.08 bits per heavy atom. The molecule has 1 aromatic carbocycles. The Morgan fingerprint density at radius 3 is 2.92 bits per heavy atom. The Kier molecular flexibility index (Phi) is 4.92. The van der Waals surface area contributed by atoms with Crippen LogP contribution in [0.4, 0.5) is 0 Å². The van der Waals surface area contributed by atoms with Gasteiger partial charge in [0.2, 0.25) is 0 Å². The highest BCUT2D eigenvalue weighted by molar-refractivity contribution is 7.14. The summed E-state index contributed by atoms with van der Waals surface area (Å²) in [6.45, 7) is 3.52. The third-order valence-electron chi connectivity index (χ3n) is 4.43. The Morgan fingerprint density at radius 1 is 1.20 bits per heavy atom. The fourth-order valence-corrected chi connectivity index (χ4v) is 4.57. The number of carbonyl (C=O) groups excluding carboxylic acids is 1. The predicted molar refractivity (Wildman–Crippen MR) is 103 cm³/mol. The van der Waals surface area contributed by atoms with E-state index in [2.05, 4.69) is 44.8 Å². The van der Waals surface area contributed by atoms with E-state index in [9.17, 15) is 4.79 Å². The second kappa shape index (κ2) is 7.47. The zero-order valence-corrected chi connectivity index (χ0v) is 15.4. The number of benzene rings is 1. The van der Waals surface area contributed by atoms with E-state index in [0.29, 0.717) is 12.2 Å². The fraction of sp³-hybridized carbons (Fsp3) is 0.263. The summed E-state index contributed by atoms with van der Waals surface area (Å²) in [4.78, 5) is 19.1. The number of carbonyl (C=O) groups is 1. The summed E-state index contributed by atoms with van der Waals surface area (Å²) in [7, 11) is 0. The minimum atomic E-state index is -0.0878. The molecule has 1 aliphatic heterocycles. The van der Waals surface area contributed by atoms with Crippen LogP contribution in [0, 0.1) is 0 Å². The topological polar surface area (TPSA) is 45.2 Å². The summed E-state index contributed by atoms with van der Waals surface area (Å²) in [5, 5.41) is 9.80. The molecule has 1 N–H and O–H groups in total. The van der Waals surface area contributed by atoms with E-state index in [4.69, 9.17) is 0 Å². The smallest absolute Gasteiger partial charge is 0.270 e. The molecule has 3 aromatic rings. The average molecular weight is 370 g/mol. The van der Waals surface area contributed by atoms with Crippen molar-refractivity contribution in [2.24, 2.45) is 0 Å². The maximum Gasteiger partial charge on any atom is 0.270 e. The number of hydrogen-bond acceptors (Lipinski definition) is 5. The maximum absolute atomic E-state index is 12.3. The minimum absolute atomic E-state index is 0.0878. The molecule has 0 saturated heterocycles. The number of nitrogens with zero attached hydrogens (tertiary/aromatic N) is 2. The Hall–Kier alpha value is -2.02. The second-order valence-corrected chi connectivity index (χ2v) is 7.74. The molecular weight excluding hydrogens is 350 g/mol. The molecule has 0 unspecified atom stereocenters. The van der Waals surface area contributed by atoms with Gasteiger partial charge in [-0.1, -0.05) is 24.3 Å². The number of hydrogen-bond donors (Lipinski definition) is 1. The van der Waals surface area contributed by atoms with Crippen molar-refractivity contribution < 1.29 is 4.79 Å². The van der Waals surface area contributed by atoms with E-state index in [0.717, 1.165) is 36.6 Å². The summed E-state index contributed by atoms with van der Waals surface area (Å²) in [6, 6.07) is 10.6. The van der Waals surface area contributed by atoms with E-state index < -0.39 is 0 Å². The van der Waals surface area contributed by atoms with Gasteiger partial charge < -0.3 is 5.32 Å². The van der Waals surface area contributed by atoms with Gasteiger partial charge >= 0.3 is 0 Å². The number of thiophene rings is 1. The first-order valence-electron chi connectivity index (χ1n) is 8.35. The first-order chi connectivity index (χ1) is 12.3. The molecule has 4 rings (SSSR count). The molecule has 0 spiro atoms. The van der Waals surface area contributed by atoms with Gasteiger partial charge in [-0.15, -0.1) is 11.3 Å². The van der Waals surface area contributed by atoms with Crippen LogP contribution >= 0.6 is 22.7 Å². The van der Waals surface area contributed by atoms with Gasteiger partial charge in [-0.3, -0.25) is 9.69 Å². The maximum atomic E-state index is 12.3. The lowest BCUT2D eigenvalue weighted by Gasteiger charge is -2.28. The largest absolute Gasteiger partial charge is 0.349 e. The summed E-state index contributed by atoms with van der Waals surface area (Å²) >= 11 is 3.15. The Bertz CT molecular complexity index is 857. The van der Waals surface area contributed by atoms with E-state index in [1.54, 1.807) is 11.3 Å². The van der Waals surface area contributed by atoms with Gasteiger partial charge in [0.15, 0.2) is 0 Å². The Balaban J connectivity index is 1.28. The molecule has 25 heavy (non-hydrogen) atoms. The molecule has 1 amide bonds. The lowest BCUT2D eigenvalue weighted by molar-refractivity contribution is 0.0943. The summed E-state index contributed by atoms with van der Waals surface area (Å²) < 4.78 is 0. The highest BCUT2D eigenvalue weighted by Gasteiger charge is 2.16. The fourth-order valence-electron chi connectivity index (χ4n) is 3.06. The van der Waals surface area contributed by atoms with E-state index in [1.807, 2.05) is 16.8 Å². The standard InChI is InChI=1S/C19H19N3OS2/c23-18(17-13-25-19(21-17)16-6-10-24-12-16)20-7-9-22-8-5-14-3-1-2-4-15(14)11-22/h1-4,6,10,12-13H,5,7-9,11H2,(H,20,23). The number of amides is 1. The van der Waals surface area contributed by atoms with Crippen molar-refractivity contribution in [1.29, 1.82) is 0 Å². The highest BCUT2D eigenvalue weighted by atomic mass is 32.1. The zero-order valence-electron chi connectivity index (χ0n) is 13.8. The van der Waals surface area contributed by atoms with Gasteiger partial charge in [0.05, 0.1) is 0 Å². The van der Waals surface area contributed by atoms with Crippen molar-refractivity contribution in [3.63, 3.8) is 0 Å². The molecule has 0 atom stereocenters. The summed E-state index contributed by atoms with van der Waals surface area (Å²) in [6.07, 6.45) is 1.08. The van der Waals surface area contributed by atoms with Gasteiger partial charge in [-0.25, -0.2) is 4.98 Å². The highest BCUT2D eigenvalue weighted by Crippen LogP contribution is 2.25. The van der Waals surface area contributed by atoms with Crippen LogP contribution < -0.4 is 5.32 Å². The predicted octanol–water partition coefficient (Wildman–Crippen LogP) is 3.66. The van der Waals surface area contributed by atoms with Crippen molar-refractivity contribution in [3.05, 3.63) is 63.3 Å². The number of nitrogens with one attached hydrogen (secondary N) is 1. The second-order valence-electron chi connectivity index (χ2n) is 6.10. The van der Waals surface area contributed by atoms with Crippen LogP contribution in [0.1, 0.15) is 21.6 Å². The third-order valence-corrected chi connectivity index (χ3v) is 6.00. The van der Waals surface area contributed by atoms with Gasteiger partial charge in [-0.2, -0.15) is 11.3 Å². The molecule has 0 aliphatic carbocycles. The number of rotatable bonds is 5. The van der Waals surface area contributed by atoms with Crippen molar-refractivity contribution >= 4 is 28.6 Å².